The molecule has 0 atom stereocenters. The Labute approximate surface area is 167 Å². The van der Waals surface area contributed by atoms with Gasteiger partial charge in [0.2, 0.25) is 5.78 Å². The number of benzene rings is 3. The van der Waals surface area contributed by atoms with Crippen molar-refractivity contribution in [3.63, 3.8) is 0 Å². The second-order valence-electron chi connectivity index (χ2n) is 6.46. The standard InChI is InChI=1S/C23H19NO5/c1-27-18-11-10-15(21-14(18)7-5-8-19(21)28-2)24-16-12-17(25)13-6-4-9-20(29-3)22(13)23(16)26/h4-12,24H,1-3H3. The lowest BCUT2D eigenvalue weighted by atomic mass is 9.91. The van der Waals surface area contributed by atoms with Crippen LogP contribution in [0.5, 0.6) is 17.2 Å². The van der Waals surface area contributed by atoms with Gasteiger partial charge in [-0.05, 0) is 24.3 Å². The number of fused-ring (bicyclic) bond motifs is 2. The molecule has 0 saturated carbocycles. The van der Waals surface area contributed by atoms with Crippen molar-refractivity contribution < 1.29 is 23.8 Å². The van der Waals surface area contributed by atoms with Gasteiger partial charge in [-0.3, -0.25) is 9.59 Å². The second kappa shape index (κ2) is 7.31. The van der Waals surface area contributed by atoms with E-state index in [0.717, 1.165) is 10.8 Å². The van der Waals surface area contributed by atoms with Gasteiger partial charge >= 0.3 is 0 Å². The number of ketones is 2. The average Bonchev–Trinajstić information content (AvgIpc) is 2.76. The molecule has 0 unspecified atom stereocenters. The van der Waals surface area contributed by atoms with Crippen LogP contribution in [0, 0.1) is 0 Å². The summed E-state index contributed by atoms with van der Waals surface area (Å²) in [6, 6.07) is 14.2. The van der Waals surface area contributed by atoms with E-state index in [1.165, 1.54) is 13.2 Å². The van der Waals surface area contributed by atoms with E-state index < -0.39 is 0 Å². The summed E-state index contributed by atoms with van der Waals surface area (Å²) >= 11 is 0. The average molecular weight is 389 g/mol. The van der Waals surface area contributed by atoms with E-state index in [2.05, 4.69) is 5.32 Å². The summed E-state index contributed by atoms with van der Waals surface area (Å²) in [5, 5.41) is 4.70. The van der Waals surface area contributed by atoms with Crippen LogP contribution in [0.4, 0.5) is 5.69 Å². The maximum atomic E-state index is 13.1. The molecular formula is C23H19NO5. The molecule has 1 aliphatic carbocycles. The lowest BCUT2D eigenvalue weighted by Gasteiger charge is -2.20. The predicted molar refractivity (Wildman–Crippen MR) is 110 cm³/mol. The van der Waals surface area contributed by atoms with E-state index >= 15 is 0 Å². The summed E-state index contributed by atoms with van der Waals surface area (Å²) in [5.74, 6) is 1.10. The summed E-state index contributed by atoms with van der Waals surface area (Å²) < 4.78 is 16.3. The topological polar surface area (TPSA) is 73.9 Å². The van der Waals surface area contributed by atoms with Crippen molar-refractivity contribution >= 4 is 28.0 Å². The Morgan fingerprint density at radius 1 is 0.759 bits per heavy atom. The van der Waals surface area contributed by atoms with Gasteiger partial charge in [-0.1, -0.05) is 24.3 Å². The number of allylic oxidation sites excluding steroid dienone is 2. The first kappa shape index (κ1) is 18.6. The third-order valence-corrected chi connectivity index (χ3v) is 4.93. The van der Waals surface area contributed by atoms with Crippen molar-refractivity contribution in [3.05, 3.63) is 71.4 Å². The van der Waals surface area contributed by atoms with E-state index in [4.69, 9.17) is 14.2 Å². The monoisotopic (exact) mass is 389 g/mol. The quantitative estimate of drug-likeness (QED) is 0.704. The lowest BCUT2D eigenvalue weighted by Crippen LogP contribution is -2.22. The second-order valence-corrected chi connectivity index (χ2v) is 6.46. The minimum atomic E-state index is -0.309. The van der Waals surface area contributed by atoms with Crippen LogP contribution in [0.2, 0.25) is 0 Å². The fraction of sp³-hybridized carbons (Fsp3) is 0.130. The van der Waals surface area contributed by atoms with Crippen LogP contribution < -0.4 is 19.5 Å². The Bertz CT molecular complexity index is 1180. The minimum Gasteiger partial charge on any atom is -0.496 e. The normalized spacial score (nSPS) is 13.0. The number of carbonyl (C=O) groups excluding carboxylic acids is 2. The molecule has 1 aliphatic rings. The van der Waals surface area contributed by atoms with Gasteiger partial charge < -0.3 is 19.5 Å². The molecule has 29 heavy (non-hydrogen) atoms. The van der Waals surface area contributed by atoms with Crippen LogP contribution in [-0.4, -0.2) is 32.9 Å². The fourth-order valence-corrected chi connectivity index (χ4v) is 3.59. The van der Waals surface area contributed by atoms with Crippen molar-refractivity contribution in [2.45, 2.75) is 0 Å². The highest BCUT2D eigenvalue weighted by molar-refractivity contribution is 6.27. The van der Waals surface area contributed by atoms with Crippen molar-refractivity contribution in [1.82, 2.24) is 0 Å². The third kappa shape index (κ3) is 2.99. The maximum absolute atomic E-state index is 13.1. The van der Waals surface area contributed by atoms with E-state index in [1.54, 1.807) is 44.6 Å². The molecule has 146 valence electrons. The number of hydrogen-bond donors (Lipinski definition) is 1. The van der Waals surface area contributed by atoms with Crippen molar-refractivity contribution in [2.75, 3.05) is 26.6 Å². The molecule has 0 saturated heterocycles. The van der Waals surface area contributed by atoms with E-state index in [9.17, 15) is 9.59 Å². The Hall–Kier alpha value is -3.80. The highest BCUT2D eigenvalue weighted by Crippen LogP contribution is 2.39. The highest BCUT2D eigenvalue weighted by Gasteiger charge is 2.29. The van der Waals surface area contributed by atoms with Crippen LogP contribution in [0.25, 0.3) is 10.8 Å². The van der Waals surface area contributed by atoms with Gasteiger partial charge in [0.25, 0.3) is 0 Å². The molecule has 4 rings (SSSR count). The Morgan fingerprint density at radius 2 is 1.45 bits per heavy atom. The molecule has 0 heterocycles. The van der Waals surface area contributed by atoms with Gasteiger partial charge in [0.1, 0.15) is 17.2 Å². The smallest absolute Gasteiger partial charge is 0.213 e. The van der Waals surface area contributed by atoms with Crippen LogP contribution in [0.15, 0.2) is 60.3 Å². The van der Waals surface area contributed by atoms with Crippen LogP contribution in [-0.2, 0) is 0 Å². The predicted octanol–water partition coefficient (Wildman–Crippen LogP) is 4.24. The summed E-state index contributed by atoms with van der Waals surface area (Å²) in [6.45, 7) is 0. The third-order valence-electron chi connectivity index (χ3n) is 4.93. The molecule has 0 fully saturated rings. The van der Waals surface area contributed by atoms with Gasteiger partial charge in [-0.2, -0.15) is 0 Å². The van der Waals surface area contributed by atoms with E-state index in [0.29, 0.717) is 28.5 Å². The minimum absolute atomic E-state index is 0.171. The molecule has 0 aromatic heterocycles. The Balaban J connectivity index is 1.84. The number of carbonyl (C=O) groups is 2. The number of ether oxygens (including phenoxy) is 3. The lowest BCUT2D eigenvalue weighted by molar-refractivity contribution is 0.0982. The van der Waals surface area contributed by atoms with Gasteiger partial charge in [-0.15, -0.1) is 0 Å². The number of hydrogen-bond acceptors (Lipinski definition) is 6. The van der Waals surface area contributed by atoms with Crippen molar-refractivity contribution in [2.24, 2.45) is 0 Å². The van der Waals surface area contributed by atoms with Crippen LogP contribution in [0.1, 0.15) is 20.7 Å². The fourth-order valence-electron chi connectivity index (χ4n) is 3.59. The van der Waals surface area contributed by atoms with Gasteiger partial charge in [0.15, 0.2) is 5.78 Å². The van der Waals surface area contributed by atoms with E-state index in [-0.39, 0.29) is 22.8 Å². The Kier molecular flexibility index (Phi) is 4.68. The first-order valence-corrected chi connectivity index (χ1v) is 8.97. The van der Waals surface area contributed by atoms with Crippen molar-refractivity contribution in [1.29, 1.82) is 0 Å². The van der Waals surface area contributed by atoms with E-state index in [1.807, 2.05) is 18.2 Å². The molecule has 0 bridgehead atoms. The maximum Gasteiger partial charge on any atom is 0.213 e. The Morgan fingerprint density at radius 3 is 2.17 bits per heavy atom. The van der Waals surface area contributed by atoms with Crippen LogP contribution >= 0.6 is 0 Å². The molecule has 0 spiro atoms. The van der Waals surface area contributed by atoms with Gasteiger partial charge in [0.05, 0.1) is 43.7 Å². The molecule has 6 nitrogen and oxygen atoms in total. The first-order valence-electron chi connectivity index (χ1n) is 8.97. The molecule has 1 N–H and O–H groups in total. The van der Waals surface area contributed by atoms with Gasteiger partial charge in [0, 0.05) is 17.0 Å². The zero-order valence-electron chi connectivity index (χ0n) is 16.2. The molecule has 0 radical (unpaired) electrons. The summed E-state index contributed by atoms with van der Waals surface area (Å²) in [4.78, 5) is 25.8. The molecule has 0 aliphatic heterocycles. The number of anilines is 1. The number of methoxy groups -OCH3 is 3. The molecule has 3 aromatic carbocycles. The SMILES string of the molecule is COc1cccc2c1C(=O)C(Nc1ccc(OC)c3cccc(OC)c13)=CC2=O. The zero-order chi connectivity index (χ0) is 20.5. The largest absolute Gasteiger partial charge is 0.496 e. The van der Waals surface area contributed by atoms with Gasteiger partial charge in [-0.25, -0.2) is 0 Å². The first-order chi connectivity index (χ1) is 14.1. The number of Topliss-reactive ketones (excluding diaryl/α,β-unsaturated/α-hetero) is 1. The zero-order valence-corrected chi connectivity index (χ0v) is 16.2. The van der Waals surface area contributed by atoms with Crippen LogP contribution in [0.3, 0.4) is 0 Å². The molecular weight excluding hydrogens is 370 g/mol. The number of nitrogens with one attached hydrogen (secondary N) is 1. The highest BCUT2D eigenvalue weighted by atomic mass is 16.5. The summed E-state index contributed by atoms with van der Waals surface area (Å²) in [5.41, 5.74) is 1.39. The number of rotatable bonds is 5. The molecule has 6 heteroatoms. The molecule has 0 amide bonds. The van der Waals surface area contributed by atoms with Crippen molar-refractivity contribution in [3.8, 4) is 17.2 Å². The summed E-state index contributed by atoms with van der Waals surface area (Å²) in [7, 11) is 4.64. The summed E-state index contributed by atoms with van der Waals surface area (Å²) in [6.07, 6.45) is 1.32. The molecule has 3 aromatic rings.